The molecule has 0 atom stereocenters. The van der Waals surface area contributed by atoms with Gasteiger partial charge in [-0.3, -0.25) is 4.79 Å². The fraction of sp³-hybridized carbons (Fsp3) is 0.235. The predicted molar refractivity (Wildman–Crippen MR) is 91.6 cm³/mol. The number of nitrogens with one attached hydrogen (secondary N) is 1. The molecule has 0 radical (unpaired) electrons. The van der Waals surface area contributed by atoms with E-state index in [1.807, 2.05) is 0 Å². The topological polar surface area (TPSA) is 110 Å². The minimum Gasteiger partial charge on any atom is -0.504 e. The molecule has 8 heteroatoms. The van der Waals surface area contributed by atoms with Crippen LogP contribution in [0.1, 0.15) is 0 Å². The summed E-state index contributed by atoms with van der Waals surface area (Å²) in [5.41, 5.74) is -0.0113. The number of phenols is 2. The van der Waals surface area contributed by atoms with E-state index < -0.39 is 5.43 Å². The minimum atomic E-state index is -0.473. The van der Waals surface area contributed by atoms with Crippen molar-refractivity contribution in [2.45, 2.75) is 0 Å². The van der Waals surface area contributed by atoms with Gasteiger partial charge in [0.1, 0.15) is 5.52 Å². The summed E-state index contributed by atoms with van der Waals surface area (Å²) in [6.45, 7) is 0. The quantitative estimate of drug-likeness (QED) is 0.620. The molecule has 132 valence electrons. The second-order valence-corrected chi connectivity index (χ2v) is 5.19. The van der Waals surface area contributed by atoms with Crippen LogP contribution in [0.15, 0.2) is 16.9 Å². The van der Waals surface area contributed by atoms with E-state index in [4.69, 9.17) is 18.9 Å². The van der Waals surface area contributed by atoms with Gasteiger partial charge in [-0.1, -0.05) is 0 Å². The van der Waals surface area contributed by atoms with Gasteiger partial charge < -0.3 is 34.1 Å². The Balaban J connectivity index is 2.65. The molecule has 25 heavy (non-hydrogen) atoms. The number of fused-ring (bicyclic) bond motifs is 2. The maximum absolute atomic E-state index is 13.0. The van der Waals surface area contributed by atoms with E-state index >= 15 is 0 Å². The number of aromatic amines is 1. The van der Waals surface area contributed by atoms with Crippen molar-refractivity contribution >= 4 is 21.8 Å². The molecule has 0 saturated heterocycles. The molecule has 0 saturated carbocycles. The van der Waals surface area contributed by atoms with E-state index in [9.17, 15) is 15.0 Å². The first-order valence-electron chi connectivity index (χ1n) is 7.26. The minimum absolute atomic E-state index is 0.0116. The fourth-order valence-electron chi connectivity index (χ4n) is 2.93. The monoisotopic (exact) mass is 347 g/mol. The largest absolute Gasteiger partial charge is 0.504 e. The van der Waals surface area contributed by atoms with E-state index in [0.717, 1.165) is 0 Å². The highest BCUT2D eigenvalue weighted by Crippen LogP contribution is 2.49. The molecular formula is C17H17NO7. The molecule has 0 amide bonds. The van der Waals surface area contributed by atoms with Crippen molar-refractivity contribution in [3.05, 3.63) is 22.4 Å². The highest BCUT2D eigenvalue weighted by molar-refractivity contribution is 6.03. The summed E-state index contributed by atoms with van der Waals surface area (Å²) in [4.78, 5) is 15.9. The predicted octanol–water partition coefficient (Wildman–Crippen LogP) is 2.13. The summed E-state index contributed by atoms with van der Waals surface area (Å²) in [6, 6.07) is 2.78. The Bertz CT molecular complexity index is 1040. The molecule has 0 aliphatic heterocycles. The third kappa shape index (κ3) is 2.18. The zero-order valence-electron chi connectivity index (χ0n) is 14.1. The number of pyridine rings is 1. The Morgan fingerprint density at radius 2 is 1.40 bits per heavy atom. The first-order chi connectivity index (χ1) is 12.0. The molecule has 0 fully saturated rings. The van der Waals surface area contributed by atoms with Crippen molar-refractivity contribution in [1.29, 1.82) is 0 Å². The zero-order valence-corrected chi connectivity index (χ0v) is 14.1. The SMILES string of the molecule is COc1c(OC)c(O)c2c(=O)c3ccc(O)c(OC)c3[nH]c2c1OC. The van der Waals surface area contributed by atoms with Gasteiger partial charge in [-0.05, 0) is 12.1 Å². The van der Waals surface area contributed by atoms with Crippen LogP contribution in [0.25, 0.3) is 21.8 Å². The number of methoxy groups -OCH3 is 4. The van der Waals surface area contributed by atoms with E-state index in [0.29, 0.717) is 0 Å². The lowest BCUT2D eigenvalue weighted by Crippen LogP contribution is -2.08. The molecule has 2 aromatic carbocycles. The van der Waals surface area contributed by atoms with Gasteiger partial charge in [0, 0.05) is 0 Å². The lowest BCUT2D eigenvalue weighted by molar-refractivity contribution is 0.314. The molecule has 0 aliphatic carbocycles. The van der Waals surface area contributed by atoms with Gasteiger partial charge in [-0.2, -0.15) is 0 Å². The van der Waals surface area contributed by atoms with Gasteiger partial charge in [0.2, 0.25) is 16.9 Å². The van der Waals surface area contributed by atoms with Crippen molar-refractivity contribution < 1.29 is 29.2 Å². The van der Waals surface area contributed by atoms with E-state index in [1.165, 1.54) is 40.6 Å². The number of ether oxygens (including phenoxy) is 4. The van der Waals surface area contributed by atoms with Crippen LogP contribution in [0.5, 0.6) is 34.5 Å². The summed E-state index contributed by atoms with van der Waals surface area (Å²) in [6.07, 6.45) is 0. The van der Waals surface area contributed by atoms with Crippen molar-refractivity contribution in [3.8, 4) is 34.5 Å². The summed E-state index contributed by atoms with van der Waals surface area (Å²) in [5, 5.41) is 20.7. The molecule has 0 aliphatic rings. The molecule has 0 spiro atoms. The van der Waals surface area contributed by atoms with Gasteiger partial charge in [-0.15, -0.1) is 0 Å². The molecule has 3 N–H and O–H groups in total. The lowest BCUT2D eigenvalue weighted by Gasteiger charge is -2.17. The molecule has 1 aromatic heterocycles. The molecule has 0 unspecified atom stereocenters. The van der Waals surface area contributed by atoms with Crippen molar-refractivity contribution in [3.63, 3.8) is 0 Å². The van der Waals surface area contributed by atoms with Gasteiger partial charge in [-0.25, -0.2) is 0 Å². The second-order valence-electron chi connectivity index (χ2n) is 5.19. The normalized spacial score (nSPS) is 10.9. The summed E-state index contributed by atoms with van der Waals surface area (Å²) < 4.78 is 21.0. The van der Waals surface area contributed by atoms with Crippen LogP contribution in [0.2, 0.25) is 0 Å². The Morgan fingerprint density at radius 3 is 1.96 bits per heavy atom. The number of hydrogen-bond donors (Lipinski definition) is 3. The number of aromatic nitrogens is 1. The summed E-state index contributed by atoms with van der Waals surface area (Å²) in [7, 11) is 5.51. The van der Waals surface area contributed by atoms with Crippen LogP contribution in [-0.4, -0.2) is 43.6 Å². The second kappa shape index (κ2) is 5.97. The zero-order chi connectivity index (χ0) is 18.3. The van der Waals surface area contributed by atoms with Gasteiger partial charge >= 0.3 is 0 Å². The molecule has 3 rings (SSSR count). The highest BCUT2D eigenvalue weighted by Gasteiger charge is 2.26. The Kier molecular flexibility index (Phi) is 3.96. The Labute approximate surface area is 142 Å². The molecule has 8 nitrogen and oxygen atoms in total. The molecule has 0 bridgehead atoms. The lowest BCUT2D eigenvalue weighted by atomic mass is 10.1. The molecular weight excluding hydrogens is 330 g/mol. The van der Waals surface area contributed by atoms with Gasteiger partial charge in [0.05, 0.1) is 44.7 Å². The maximum atomic E-state index is 13.0. The van der Waals surface area contributed by atoms with Gasteiger partial charge in [0.15, 0.2) is 23.0 Å². The van der Waals surface area contributed by atoms with E-state index in [2.05, 4.69) is 4.98 Å². The standard InChI is InChI=1S/C17H17NO7/c1-22-14-8(19)6-5-7-10(14)18-11-9(12(7)20)13(21)16(24-3)17(25-4)15(11)23-2/h5-6,19,21H,1-4H3,(H,18,20). The van der Waals surface area contributed by atoms with Crippen LogP contribution < -0.4 is 24.4 Å². The number of H-pyrrole nitrogens is 1. The van der Waals surface area contributed by atoms with Gasteiger partial charge in [0.25, 0.3) is 0 Å². The van der Waals surface area contributed by atoms with Crippen LogP contribution in [0.3, 0.4) is 0 Å². The average molecular weight is 347 g/mol. The maximum Gasteiger partial charge on any atom is 0.209 e. The van der Waals surface area contributed by atoms with Crippen LogP contribution in [-0.2, 0) is 0 Å². The average Bonchev–Trinajstić information content (AvgIpc) is 2.61. The number of rotatable bonds is 4. The third-order valence-corrected chi connectivity index (χ3v) is 4.02. The first kappa shape index (κ1) is 16.6. The van der Waals surface area contributed by atoms with E-state index in [-0.39, 0.29) is 56.3 Å². The van der Waals surface area contributed by atoms with E-state index in [1.54, 1.807) is 0 Å². The van der Waals surface area contributed by atoms with Crippen LogP contribution in [0, 0.1) is 0 Å². The smallest absolute Gasteiger partial charge is 0.209 e. The first-order valence-corrected chi connectivity index (χ1v) is 7.26. The number of benzene rings is 2. The fourth-order valence-corrected chi connectivity index (χ4v) is 2.93. The van der Waals surface area contributed by atoms with Crippen molar-refractivity contribution in [2.75, 3.05) is 28.4 Å². The Hall–Kier alpha value is -3.29. The number of phenolic OH excluding ortho intramolecular Hbond substituents is 2. The van der Waals surface area contributed by atoms with Crippen LogP contribution >= 0.6 is 0 Å². The number of aromatic hydroxyl groups is 2. The van der Waals surface area contributed by atoms with Crippen molar-refractivity contribution in [1.82, 2.24) is 4.98 Å². The summed E-state index contributed by atoms with van der Waals surface area (Å²) >= 11 is 0. The molecule has 1 heterocycles. The van der Waals surface area contributed by atoms with Crippen LogP contribution in [0.4, 0.5) is 0 Å². The molecule has 3 aromatic rings. The number of hydrogen-bond acceptors (Lipinski definition) is 7. The van der Waals surface area contributed by atoms with Crippen molar-refractivity contribution in [2.24, 2.45) is 0 Å². The summed E-state index contributed by atoms with van der Waals surface area (Å²) in [5.74, 6) is -0.102. The third-order valence-electron chi connectivity index (χ3n) is 4.02. The highest BCUT2D eigenvalue weighted by atomic mass is 16.5. The Morgan fingerprint density at radius 1 is 0.800 bits per heavy atom.